The molecule has 1 saturated carbocycles. The third-order valence-corrected chi connectivity index (χ3v) is 5.25. The van der Waals surface area contributed by atoms with Gasteiger partial charge in [0.2, 0.25) is 0 Å². The standard InChI is InChI=1S/C20H31N3O3/c1-14(2)26-11-10-22-8-6-16(7-9-22)21-20(25)18-13-23(17-4-5-17)15(3)12-19(18)24/h12-14,16-17H,4-11H2,1-3H3,(H,21,25). The van der Waals surface area contributed by atoms with Gasteiger partial charge >= 0.3 is 0 Å². The first-order valence-corrected chi connectivity index (χ1v) is 9.81. The highest BCUT2D eigenvalue weighted by Gasteiger charge is 2.26. The molecule has 0 atom stereocenters. The molecule has 0 bridgehead atoms. The summed E-state index contributed by atoms with van der Waals surface area (Å²) >= 11 is 0. The summed E-state index contributed by atoms with van der Waals surface area (Å²) in [6, 6.07) is 2.18. The summed E-state index contributed by atoms with van der Waals surface area (Å²) in [5.41, 5.74) is 1.03. The topological polar surface area (TPSA) is 63.6 Å². The zero-order valence-electron chi connectivity index (χ0n) is 16.2. The van der Waals surface area contributed by atoms with E-state index in [1.54, 1.807) is 12.3 Å². The van der Waals surface area contributed by atoms with Crippen molar-refractivity contribution in [3.63, 3.8) is 0 Å². The Morgan fingerprint density at radius 2 is 1.96 bits per heavy atom. The lowest BCUT2D eigenvalue weighted by atomic mass is 10.0. The van der Waals surface area contributed by atoms with Crippen LogP contribution >= 0.6 is 0 Å². The van der Waals surface area contributed by atoms with Crippen molar-refractivity contribution in [1.29, 1.82) is 0 Å². The summed E-state index contributed by atoms with van der Waals surface area (Å²) in [6.45, 7) is 9.61. The van der Waals surface area contributed by atoms with Gasteiger partial charge in [-0.2, -0.15) is 0 Å². The number of aryl methyl sites for hydroxylation is 1. The number of amides is 1. The van der Waals surface area contributed by atoms with Gasteiger partial charge in [0.05, 0.1) is 12.7 Å². The summed E-state index contributed by atoms with van der Waals surface area (Å²) in [7, 11) is 0. The fourth-order valence-electron chi connectivity index (χ4n) is 3.54. The fourth-order valence-corrected chi connectivity index (χ4v) is 3.54. The lowest BCUT2D eigenvalue weighted by Crippen LogP contribution is -2.46. The Morgan fingerprint density at radius 1 is 1.27 bits per heavy atom. The molecular weight excluding hydrogens is 330 g/mol. The van der Waals surface area contributed by atoms with Crippen LogP contribution in [0, 0.1) is 6.92 Å². The van der Waals surface area contributed by atoms with Crippen molar-refractivity contribution < 1.29 is 9.53 Å². The van der Waals surface area contributed by atoms with Crippen LogP contribution in [0.3, 0.4) is 0 Å². The molecular formula is C20H31N3O3. The molecule has 6 heteroatoms. The van der Waals surface area contributed by atoms with Crippen LogP contribution < -0.4 is 10.7 Å². The maximum absolute atomic E-state index is 12.6. The molecule has 1 aromatic heterocycles. The number of nitrogens with one attached hydrogen (secondary N) is 1. The molecule has 144 valence electrons. The van der Waals surface area contributed by atoms with Gasteiger partial charge in [-0.15, -0.1) is 0 Å². The monoisotopic (exact) mass is 361 g/mol. The van der Waals surface area contributed by atoms with Crippen LogP contribution in [0.4, 0.5) is 0 Å². The Labute approximate surface area is 155 Å². The van der Waals surface area contributed by atoms with Gasteiger partial charge in [0.25, 0.3) is 5.91 Å². The molecule has 2 heterocycles. The van der Waals surface area contributed by atoms with Crippen molar-refractivity contribution in [2.75, 3.05) is 26.2 Å². The van der Waals surface area contributed by atoms with E-state index < -0.39 is 0 Å². The maximum atomic E-state index is 12.6. The lowest BCUT2D eigenvalue weighted by molar-refractivity contribution is 0.0520. The van der Waals surface area contributed by atoms with E-state index in [4.69, 9.17) is 4.74 Å². The van der Waals surface area contributed by atoms with Crippen molar-refractivity contribution in [3.05, 3.63) is 33.7 Å². The number of pyridine rings is 1. The summed E-state index contributed by atoms with van der Waals surface area (Å²) < 4.78 is 7.68. The van der Waals surface area contributed by atoms with E-state index >= 15 is 0 Å². The molecule has 0 unspecified atom stereocenters. The Morgan fingerprint density at radius 3 is 2.58 bits per heavy atom. The maximum Gasteiger partial charge on any atom is 0.256 e. The number of piperidine rings is 1. The van der Waals surface area contributed by atoms with Crippen LogP contribution in [-0.4, -0.2) is 53.8 Å². The number of carbonyl (C=O) groups excluding carboxylic acids is 1. The van der Waals surface area contributed by atoms with Crippen molar-refractivity contribution in [2.24, 2.45) is 0 Å². The SMILES string of the molecule is Cc1cc(=O)c(C(=O)NC2CCN(CCOC(C)C)CC2)cn1C1CC1. The summed E-state index contributed by atoms with van der Waals surface area (Å²) in [6.07, 6.45) is 6.10. The molecule has 1 aromatic rings. The van der Waals surface area contributed by atoms with Crippen molar-refractivity contribution in [2.45, 2.75) is 64.6 Å². The highest BCUT2D eigenvalue weighted by atomic mass is 16.5. The summed E-state index contributed by atoms with van der Waals surface area (Å²) in [5, 5.41) is 3.07. The third-order valence-electron chi connectivity index (χ3n) is 5.25. The number of hydrogen-bond donors (Lipinski definition) is 1. The van der Waals surface area contributed by atoms with Crippen molar-refractivity contribution >= 4 is 5.91 Å². The molecule has 1 amide bonds. The number of nitrogens with zero attached hydrogens (tertiary/aromatic N) is 2. The zero-order chi connectivity index (χ0) is 18.7. The second-order valence-electron chi connectivity index (χ2n) is 7.84. The molecule has 0 aromatic carbocycles. The normalized spacial score (nSPS) is 19.1. The first-order valence-electron chi connectivity index (χ1n) is 9.81. The second-order valence-corrected chi connectivity index (χ2v) is 7.84. The Balaban J connectivity index is 1.52. The van der Waals surface area contributed by atoms with E-state index in [1.165, 1.54) is 0 Å². The molecule has 6 nitrogen and oxygen atoms in total. The minimum Gasteiger partial charge on any atom is -0.377 e. The Bertz CT molecular complexity index is 686. The number of hydrogen-bond acceptors (Lipinski definition) is 4. The van der Waals surface area contributed by atoms with Crippen LogP contribution in [0.15, 0.2) is 17.1 Å². The minimum absolute atomic E-state index is 0.139. The highest BCUT2D eigenvalue weighted by Crippen LogP contribution is 2.35. The van der Waals surface area contributed by atoms with E-state index in [1.807, 2.05) is 20.8 Å². The Kier molecular flexibility index (Phi) is 6.14. The van der Waals surface area contributed by atoms with Crippen molar-refractivity contribution in [1.82, 2.24) is 14.8 Å². The predicted octanol–water partition coefficient (Wildman–Crippen LogP) is 2.11. The highest BCUT2D eigenvalue weighted by molar-refractivity contribution is 5.94. The van der Waals surface area contributed by atoms with Crippen LogP contribution in [0.25, 0.3) is 0 Å². The van der Waals surface area contributed by atoms with Crippen LogP contribution in [0.2, 0.25) is 0 Å². The van der Waals surface area contributed by atoms with Crippen LogP contribution in [0.5, 0.6) is 0 Å². The summed E-state index contributed by atoms with van der Waals surface area (Å²) in [4.78, 5) is 27.2. The molecule has 1 aliphatic carbocycles. The van der Waals surface area contributed by atoms with Gasteiger partial charge in [-0.25, -0.2) is 0 Å². The average molecular weight is 361 g/mol. The second kappa shape index (κ2) is 8.35. The molecule has 0 radical (unpaired) electrons. The smallest absolute Gasteiger partial charge is 0.256 e. The van der Waals surface area contributed by atoms with Crippen molar-refractivity contribution in [3.8, 4) is 0 Å². The molecule has 2 fully saturated rings. The quantitative estimate of drug-likeness (QED) is 0.808. The van der Waals surface area contributed by atoms with E-state index in [0.29, 0.717) is 6.04 Å². The van der Waals surface area contributed by atoms with Gasteiger partial charge in [-0.3, -0.25) is 9.59 Å². The van der Waals surface area contributed by atoms with Gasteiger partial charge in [0.15, 0.2) is 5.43 Å². The molecule has 26 heavy (non-hydrogen) atoms. The summed E-state index contributed by atoms with van der Waals surface area (Å²) in [5.74, 6) is -0.231. The third kappa shape index (κ3) is 4.95. The molecule has 2 aliphatic rings. The van der Waals surface area contributed by atoms with Gasteiger partial charge in [0.1, 0.15) is 5.56 Å². The molecule has 1 N–H and O–H groups in total. The van der Waals surface area contributed by atoms with E-state index in [-0.39, 0.29) is 29.0 Å². The molecule has 0 spiro atoms. The van der Waals surface area contributed by atoms with E-state index in [0.717, 1.165) is 57.6 Å². The Hall–Kier alpha value is -1.66. The lowest BCUT2D eigenvalue weighted by Gasteiger charge is -2.32. The minimum atomic E-state index is -0.231. The van der Waals surface area contributed by atoms with E-state index in [2.05, 4.69) is 14.8 Å². The number of likely N-dealkylation sites (tertiary alicyclic amines) is 1. The van der Waals surface area contributed by atoms with Crippen LogP contribution in [-0.2, 0) is 4.74 Å². The van der Waals surface area contributed by atoms with Gasteiger partial charge in [-0.1, -0.05) is 0 Å². The first kappa shape index (κ1) is 19.1. The number of ether oxygens (including phenoxy) is 1. The zero-order valence-corrected chi connectivity index (χ0v) is 16.2. The first-order chi connectivity index (χ1) is 12.4. The number of carbonyl (C=O) groups is 1. The number of aromatic nitrogens is 1. The van der Waals surface area contributed by atoms with E-state index in [9.17, 15) is 9.59 Å². The largest absolute Gasteiger partial charge is 0.377 e. The fraction of sp³-hybridized carbons (Fsp3) is 0.700. The van der Waals surface area contributed by atoms with Crippen LogP contribution in [0.1, 0.15) is 61.6 Å². The van der Waals surface area contributed by atoms with Gasteiger partial charge < -0.3 is 19.5 Å². The average Bonchev–Trinajstić information content (AvgIpc) is 3.41. The number of rotatable bonds is 7. The molecule has 3 rings (SSSR count). The van der Waals surface area contributed by atoms with Gasteiger partial charge in [-0.05, 0) is 46.5 Å². The predicted molar refractivity (Wildman–Crippen MR) is 102 cm³/mol. The molecule has 1 saturated heterocycles. The molecule has 1 aliphatic heterocycles. The van der Waals surface area contributed by atoms with Gasteiger partial charge in [0, 0.05) is 49.7 Å².